The van der Waals surface area contributed by atoms with Crippen LogP contribution in [-0.2, 0) is 10.8 Å². The molecule has 0 saturated heterocycles. The number of hydrogen-bond donors (Lipinski definition) is 0. The summed E-state index contributed by atoms with van der Waals surface area (Å²) in [6.07, 6.45) is 3.62. The highest BCUT2D eigenvalue weighted by atomic mass is 19.2. The molecular weight excluding hydrogens is 1430 g/mol. The first-order chi connectivity index (χ1) is 56.1. The molecule has 17 aromatic rings. The van der Waals surface area contributed by atoms with Crippen molar-refractivity contribution >= 4 is 68.2 Å². The summed E-state index contributed by atoms with van der Waals surface area (Å²) in [4.78, 5) is 3.82. The molecule has 9 heteroatoms. The van der Waals surface area contributed by atoms with Crippen LogP contribution in [0.5, 0.6) is 23.0 Å². The summed E-state index contributed by atoms with van der Waals surface area (Å²) in [5, 5.41) is 1.60. The number of halogens is 4. The molecule has 1 heterocycles. The number of rotatable bonds is 18. The monoisotopic (exact) mass is 1500 g/mol. The smallest absolute Gasteiger partial charge is 0.160 e. The first-order valence-corrected chi connectivity index (χ1v) is 38.5. The highest BCUT2D eigenvalue weighted by molar-refractivity contribution is 6.08. The van der Waals surface area contributed by atoms with E-state index in [1.54, 1.807) is 12.1 Å². The Morgan fingerprint density at radius 3 is 1.04 bits per heavy atom. The number of ether oxygens (including phenoxy) is 2. The highest BCUT2D eigenvalue weighted by Crippen LogP contribution is 2.60. The largest absolute Gasteiger partial charge is 0.457 e. The second-order valence-electron chi connectivity index (χ2n) is 30.0. The van der Waals surface area contributed by atoms with Crippen LogP contribution in [0.4, 0.5) is 51.7 Å². The lowest BCUT2D eigenvalue weighted by Gasteiger charge is -2.35. The summed E-state index contributed by atoms with van der Waals surface area (Å²) in [5.41, 5.74) is 26.7. The SMILES string of the molecule is C=Cc1ccc(Oc2ccc(C3(c4cc(C)ccc4C)c4ccccc4-c4ccc(-c5cccc(N(c6ccc(F)c(F)c6)c6ccc7c(c6)oc6cc(N(c8cccc(-c9ccc%10c(c9)C(c9ccc(Oc%11ccc(C=C)cc%11)cc9)(c9cc(C)ccc9C)c9ccccc9-%10)c8)c8ccc(F)c(F)c8)ccc67)c5)cc43)cc2)cc1. The van der Waals surface area contributed by atoms with Gasteiger partial charge >= 0.3 is 0 Å². The van der Waals surface area contributed by atoms with Crippen LogP contribution in [0.25, 0.3) is 78.6 Å². The lowest BCUT2D eigenvalue weighted by molar-refractivity contribution is 0.482. The van der Waals surface area contributed by atoms with Crippen molar-refractivity contribution in [2.24, 2.45) is 0 Å². The van der Waals surface area contributed by atoms with Gasteiger partial charge < -0.3 is 23.7 Å². The van der Waals surface area contributed by atoms with E-state index < -0.39 is 34.1 Å². The number of anilines is 6. The van der Waals surface area contributed by atoms with Gasteiger partial charge in [-0.25, -0.2) is 17.6 Å². The third-order valence-corrected chi connectivity index (χ3v) is 23.1. The average molecular weight is 1500 g/mol. The summed E-state index contributed by atoms with van der Waals surface area (Å²) < 4.78 is 81.9. The van der Waals surface area contributed by atoms with Gasteiger partial charge in [-0.05, 0) is 272 Å². The maximum Gasteiger partial charge on any atom is 0.160 e. The van der Waals surface area contributed by atoms with Crippen molar-refractivity contribution in [1.82, 2.24) is 0 Å². The predicted octanol–water partition coefficient (Wildman–Crippen LogP) is 29.2. The fourth-order valence-electron chi connectivity index (χ4n) is 17.7. The number of furan rings is 1. The molecule has 16 aromatic carbocycles. The predicted molar refractivity (Wildman–Crippen MR) is 461 cm³/mol. The van der Waals surface area contributed by atoms with Crippen LogP contribution in [0.3, 0.4) is 0 Å². The fourth-order valence-corrected chi connectivity index (χ4v) is 17.7. The van der Waals surface area contributed by atoms with Crippen molar-refractivity contribution in [2.45, 2.75) is 38.5 Å². The van der Waals surface area contributed by atoms with E-state index in [0.717, 1.165) is 135 Å². The van der Waals surface area contributed by atoms with Crippen LogP contribution in [0, 0.1) is 51.0 Å². The third-order valence-electron chi connectivity index (χ3n) is 23.1. The zero-order valence-corrected chi connectivity index (χ0v) is 63.5. The van der Waals surface area contributed by atoms with Gasteiger partial charge in [0.05, 0.1) is 10.8 Å². The molecule has 2 atom stereocenters. The molecule has 1 aromatic heterocycles. The van der Waals surface area contributed by atoms with E-state index in [2.05, 4.69) is 211 Å². The molecule has 0 radical (unpaired) electrons. The van der Waals surface area contributed by atoms with Crippen molar-refractivity contribution in [3.05, 3.63) is 454 Å². The van der Waals surface area contributed by atoms with Crippen LogP contribution in [-0.4, -0.2) is 0 Å². The van der Waals surface area contributed by atoms with E-state index in [1.165, 1.54) is 34.4 Å². The minimum Gasteiger partial charge on any atom is -0.457 e. The van der Waals surface area contributed by atoms with E-state index in [0.29, 0.717) is 56.8 Å². The summed E-state index contributed by atoms with van der Waals surface area (Å²) in [5.74, 6) is -1.08. The zero-order chi connectivity index (χ0) is 78.4. The molecule has 2 aliphatic rings. The number of benzene rings is 16. The van der Waals surface area contributed by atoms with Gasteiger partial charge in [0.25, 0.3) is 0 Å². The maximum atomic E-state index is 15.9. The molecule has 0 spiro atoms. The van der Waals surface area contributed by atoms with Crippen LogP contribution >= 0.6 is 0 Å². The second-order valence-corrected chi connectivity index (χ2v) is 30.0. The van der Waals surface area contributed by atoms with E-state index in [4.69, 9.17) is 13.9 Å². The first kappa shape index (κ1) is 71.1. The molecule has 0 N–H and O–H groups in total. The summed E-state index contributed by atoms with van der Waals surface area (Å²) in [7, 11) is 0. The van der Waals surface area contributed by atoms with Crippen molar-refractivity contribution in [1.29, 1.82) is 0 Å². The number of aryl methyl sites for hydroxylation is 4. The lowest BCUT2D eigenvalue weighted by atomic mass is 9.66. The summed E-state index contributed by atoms with van der Waals surface area (Å²) in [6, 6.07) is 113. The topological polar surface area (TPSA) is 38.1 Å². The fraction of sp³-hybridized carbons (Fsp3) is 0.0566. The minimum absolute atomic E-state index is 0.381. The quantitative estimate of drug-likeness (QED) is 0.0801. The van der Waals surface area contributed by atoms with Gasteiger partial charge in [-0.1, -0.05) is 218 Å². The number of fused-ring (bicyclic) bond motifs is 9. The number of nitrogens with zero attached hydrogens (tertiary/aromatic N) is 2. The highest BCUT2D eigenvalue weighted by Gasteiger charge is 2.49. The molecule has 0 bridgehead atoms. The van der Waals surface area contributed by atoms with Gasteiger partial charge in [-0.3, -0.25) is 0 Å². The Hall–Kier alpha value is -14.3. The van der Waals surface area contributed by atoms with E-state index in [1.807, 2.05) is 155 Å². The Kier molecular flexibility index (Phi) is 17.6. The normalized spacial score (nSPS) is 14.4. The van der Waals surface area contributed by atoms with Crippen molar-refractivity contribution in [3.63, 3.8) is 0 Å². The van der Waals surface area contributed by atoms with Crippen LogP contribution < -0.4 is 19.3 Å². The van der Waals surface area contributed by atoms with Gasteiger partial charge in [0.1, 0.15) is 34.2 Å². The molecule has 2 aliphatic carbocycles. The molecule has 115 heavy (non-hydrogen) atoms. The van der Waals surface area contributed by atoms with Gasteiger partial charge in [0.2, 0.25) is 0 Å². The number of hydrogen-bond acceptors (Lipinski definition) is 5. The van der Waals surface area contributed by atoms with E-state index in [9.17, 15) is 0 Å². The molecule has 0 fully saturated rings. The summed E-state index contributed by atoms with van der Waals surface area (Å²) in [6.45, 7) is 16.5. The molecule has 0 aliphatic heterocycles. The minimum atomic E-state index is -1.00. The summed E-state index contributed by atoms with van der Waals surface area (Å²) >= 11 is 0. The molecule has 0 saturated carbocycles. The average Bonchev–Trinajstić information content (AvgIpc) is 1.54. The zero-order valence-electron chi connectivity index (χ0n) is 63.5. The van der Waals surface area contributed by atoms with Crippen LogP contribution in [0.2, 0.25) is 0 Å². The van der Waals surface area contributed by atoms with Crippen molar-refractivity contribution in [3.8, 4) is 67.5 Å². The Morgan fingerprint density at radius 1 is 0.287 bits per heavy atom. The second kappa shape index (κ2) is 28.5. The van der Waals surface area contributed by atoms with Gasteiger partial charge in [0, 0.05) is 69.2 Å². The third kappa shape index (κ3) is 12.2. The van der Waals surface area contributed by atoms with Gasteiger partial charge in [-0.2, -0.15) is 0 Å². The van der Waals surface area contributed by atoms with E-state index >= 15 is 17.6 Å². The molecule has 554 valence electrons. The Bertz CT molecular complexity index is 6360. The van der Waals surface area contributed by atoms with E-state index in [-0.39, 0.29) is 0 Å². The van der Waals surface area contributed by atoms with Crippen LogP contribution in [0.1, 0.15) is 77.9 Å². The molecule has 0 amide bonds. The standard InChI is InChI=1S/C106H74F4N2O3/c1-7-69-27-41-83(42-28-69)113-85-45-33-75(34-46-85)105(95-55-65(3)23-25-67(95)5)93-21-11-9-19-87(93)89-49-31-73(59-97(89)105)71-15-13-17-77(57-71)111(79-39-53-99(107)101(109)61-79)81-37-51-91-92-52-38-82(64-104(92)115-103(91)63-81)112(80-40-54-100(108)102(110)62-80)78-18-14-16-72(58-78)74-32-50-90-88-20-10-12-22-94(88)106(98(90)60-74,96-56-66(4)24-26-68(96)6)76-35-47-86(48-36-76)114-84-43-29-70(8-2)30-44-84/h7-64H,1-2H2,3-6H3. The van der Waals surface area contributed by atoms with Gasteiger partial charge in [0.15, 0.2) is 23.3 Å². The van der Waals surface area contributed by atoms with Crippen molar-refractivity contribution in [2.75, 3.05) is 9.80 Å². The molecule has 5 nitrogen and oxygen atoms in total. The van der Waals surface area contributed by atoms with Crippen molar-refractivity contribution < 1.29 is 31.5 Å². The Morgan fingerprint density at radius 2 is 0.643 bits per heavy atom. The molecular formula is C106H74F4N2O3. The Balaban J connectivity index is 0.694. The molecule has 2 unspecified atom stereocenters. The molecule has 19 rings (SSSR count). The lowest BCUT2D eigenvalue weighted by Crippen LogP contribution is -2.29. The van der Waals surface area contributed by atoms with Gasteiger partial charge in [-0.15, -0.1) is 0 Å². The van der Waals surface area contributed by atoms with Crippen LogP contribution in [0.15, 0.2) is 357 Å². The maximum absolute atomic E-state index is 15.9. The first-order valence-electron chi connectivity index (χ1n) is 38.5. The Labute approximate surface area is 665 Å².